The van der Waals surface area contributed by atoms with Crippen molar-refractivity contribution < 1.29 is 4.79 Å². The number of hydrogen-bond acceptors (Lipinski definition) is 4. The molecule has 7 heteroatoms. The zero-order valence-corrected chi connectivity index (χ0v) is 18.5. The van der Waals surface area contributed by atoms with Crippen LogP contribution in [0.2, 0.25) is 5.02 Å². The van der Waals surface area contributed by atoms with Crippen molar-refractivity contribution in [2.75, 3.05) is 0 Å². The largest absolute Gasteiger partial charge is 0.344 e. The minimum absolute atomic E-state index is 0.00106. The van der Waals surface area contributed by atoms with Crippen molar-refractivity contribution in [1.29, 1.82) is 0 Å². The molecule has 2 aromatic heterocycles. The summed E-state index contributed by atoms with van der Waals surface area (Å²) in [5.74, 6) is 1.18. The number of aryl methyl sites for hydroxylation is 2. The highest BCUT2D eigenvalue weighted by molar-refractivity contribution is 7.20. The first-order valence-electron chi connectivity index (χ1n) is 10.6. The lowest BCUT2D eigenvalue weighted by Crippen LogP contribution is -2.29. The van der Waals surface area contributed by atoms with Crippen molar-refractivity contribution in [1.82, 2.24) is 14.9 Å². The van der Waals surface area contributed by atoms with Gasteiger partial charge in [-0.3, -0.25) is 14.2 Å². The maximum absolute atomic E-state index is 13.2. The lowest BCUT2D eigenvalue weighted by atomic mass is 10.0. The fraction of sp³-hybridized carbons (Fsp3) is 0.435. The summed E-state index contributed by atoms with van der Waals surface area (Å²) in [5, 5.41) is 4.51. The summed E-state index contributed by atoms with van der Waals surface area (Å²) < 4.78 is 1.82. The van der Waals surface area contributed by atoms with Crippen LogP contribution in [0, 0.1) is 12.8 Å². The third-order valence-corrected chi connectivity index (χ3v) is 7.66. The molecule has 156 valence electrons. The lowest BCUT2D eigenvalue weighted by molar-refractivity contribution is 0.0935. The van der Waals surface area contributed by atoms with E-state index in [0.29, 0.717) is 32.6 Å². The van der Waals surface area contributed by atoms with Gasteiger partial charge in [0.25, 0.3) is 11.5 Å². The molecule has 5 nitrogen and oxygen atoms in total. The number of rotatable bonds is 4. The molecule has 1 unspecified atom stereocenters. The number of thiophene rings is 1. The van der Waals surface area contributed by atoms with Crippen molar-refractivity contribution >= 4 is 39.1 Å². The van der Waals surface area contributed by atoms with Gasteiger partial charge in [-0.2, -0.15) is 0 Å². The number of benzene rings is 1. The van der Waals surface area contributed by atoms with Gasteiger partial charge in [0.15, 0.2) is 0 Å². The molecule has 0 bridgehead atoms. The summed E-state index contributed by atoms with van der Waals surface area (Å²) in [4.78, 5) is 32.5. The van der Waals surface area contributed by atoms with Crippen LogP contribution in [0.4, 0.5) is 0 Å². The van der Waals surface area contributed by atoms with Gasteiger partial charge in [-0.1, -0.05) is 30.2 Å². The van der Waals surface area contributed by atoms with E-state index in [1.54, 1.807) is 0 Å². The molecule has 30 heavy (non-hydrogen) atoms. The standard InChI is InChI=1S/C23H24ClN3O2S/c1-13-18-22(25-17-5-3-2-4-12-27(17)23(18)29)30-20(13)21(28)26-19(14-6-7-14)15-8-10-16(24)11-9-15/h8-11,14,19H,2-7,12H2,1H3,(H,26,28). The third kappa shape index (κ3) is 3.56. The van der Waals surface area contributed by atoms with Gasteiger partial charge in [0.05, 0.1) is 16.3 Å². The van der Waals surface area contributed by atoms with Crippen LogP contribution in [0.25, 0.3) is 10.2 Å². The Balaban J connectivity index is 1.50. The van der Waals surface area contributed by atoms with Crippen LogP contribution in [0.5, 0.6) is 0 Å². The molecular formula is C23H24ClN3O2S. The zero-order chi connectivity index (χ0) is 20.8. The summed E-state index contributed by atoms with van der Waals surface area (Å²) in [7, 11) is 0. The number of carbonyl (C=O) groups excluding carboxylic acids is 1. The molecular weight excluding hydrogens is 418 g/mol. The molecule has 3 heterocycles. The summed E-state index contributed by atoms with van der Waals surface area (Å²) in [5.41, 5.74) is 1.82. The van der Waals surface area contributed by atoms with E-state index in [0.717, 1.165) is 55.5 Å². The number of hydrogen-bond donors (Lipinski definition) is 1. The van der Waals surface area contributed by atoms with Crippen molar-refractivity contribution in [2.24, 2.45) is 5.92 Å². The molecule has 5 rings (SSSR count). The Morgan fingerprint density at radius 3 is 2.73 bits per heavy atom. The van der Waals surface area contributed by atoms with Crippen LogP contribution >= 0.6 is 22.9 Å². The number of halogens is 1. The SMILES string of the molecule is Cc1c(C(=O)NC(c2ccc(Cl)cc2)C2CC2)sc2nc3n(c(=O)c12)CCCCC3. The summed E-state index contributed by atoms with van der Waals surface area (Å²) >= 11 is 7.37. The van der Waals surface area contributed by atoms with Crippen molar-refractivity contribution in [3.05, 3.63) is 61.5 Å². The summed E-state index contributed by atoms with van der Waals surface area (Å²) in [6.07, 6.45) is 6.21. The highest BCUT2D eigenvalue weighted by atomic mass is 35.5. The first-order valence-corrected chi connectivity index (χ1v) is 11.8. The van der Waals surface area contributed by atoms with E-state index in [1.165, 1.54) is 11.3 Å². The zero-order valence-electron chi connectivity index (χ0n) is 16.9. The molecule has 1 aliphatic heterocycles. The Morgan fingerprint density at radius 2 is 2.00 bits per heavy atom. The Morgan fingerprint density at radius 1 is 1.23 bits per heavy atom. The van der Waals surface area contributed by atoms with E-state index in [1.807, 2.05) is 35.8 Å². The first-order chi connectivity index (χ1) is 14.5. The fourth-order valence-electron chi connectivity index (χ4n) is 4.41. The fourth-order valence-corrected chi connectivity index (χ4v) is 5.63. The second-order valence-electron chi connectivity index (χ2n) is 8.37. The Bertz CT molecular complexity index is 1180. The molecule has 1 saturated carbocycles. The molecule has 1 aliphatic carbocycles. The molecule has 0 saturated heterocycles. The van der Waals surface area contributed by atoms with Crippen LogP contribution in [0.15, 0.2) is 29.1 Å². The van der Waals surface area contributed by atoms with Gasteiger partial charge in [0, 0.05) is 18.0 Å². The first kappa shape index (κ1) is 19.8. The molecule has 0 spiro atoms. The van der Waals surface area contributed by atoms with Crippen LogP contribution in [0.3, 0.4) is 0 Å². The average Bonchev–Trinajstić information content (AvgIpc) is 3.54. The number of aromatic nitrogens is 2. The van der Waals surface area contributed by atoms with Gasteiger partial charge < -0.3 is 5.32 Å². The number of nitrogens with zero attached hydrogens (tertiary/aromatic N) is 2. The third-order valence-electron chi connectivity index (χ3n) is 6.23. The van der Waals surface area contributed by atoms with E-state index >= 15 is 0 Å². The predicted octanol–water partition coefficient (Wildman–Crippen LogP) is 5.03. The minimum Gasteiger partial charge on any atom is -0.344 e. The molecule has 1 atom stereocenters. The van der Waals surface area contributed by atoms with Gasteiger partial charge in [-0.15, -0.1) is 11.3 Å². The highest BCUT2D eigenvalue weighted by Gasteiger charge is 2.34. The van der Waals surface area contributed by atoms with E-state index in [9.17, 15) is 9.59 Å². The molecule has 1 amide bonds. The molecule has 1 fully saturated rings. The topological polar surface area (TPSA) is 64.0 Å². The monoisotopic (exact) mass is 441 g/mol. The minimum atomic E-state index is -0.123. The van der Waals surface area contributed by atoms with Crippen LogP contribution in [-0.2, 0) is 13.0 Å². The molecule has 1 N–H and O–H groups in total. The van der Waals surface area contributed by atoms with Crippen molar-refractivity contribution in [3.8, 4) is 0 Å². The summed E-state index contributed by atoms with van der Waals surface area (Å²) in [6.45, 7) is 2.59. The molecule has 3 aromatic rings. The molecule has 1 aromatic carbocycles. The predicted molar refractivity (Wildman–Crippen MR) is 121 cm³/mol. The van der Waals surface area contributed by atoms with E-state index in [4.69, 9.17) is 16.6 Å². The Hall–Kier alpha value is -2.18. The highest BCUT2D eigenvalue weighted by Crippen LogP contribution is 2.41. The van der Waals surface area contributed by atoms with E-state index < -0.39 is 0 Å². The van der Waals surface area contributed by atoms with Gasteiger partial charge in [-0.25, -0.2) is 4.98 Å². The van der Waals surface area contributed by atoms with Gasteiger partial charge in [-0.05, 0) is 61.8 Å². The molecule has 2 aliphatic rings. The number of amides is 1. The Kier molecular flexibility index (Phi) is 5.15. The second kappa shape index (κ2) is 7.82. The van der Waals surface area contributed by atoms with Crippen LogP contribution < -0.4 is 10.9 Å². The normalized spacial score (nSPS) is 17.4. The van der Waals surface area contributed by atoms with Gasteiger partial charge in [0.2, 0.25) is 0 Å². The maximum atomic E-state index is 13.2. The van der Waals surface area contributed by atoms with Crippen LogP contribution in [0.1, 0.15) is 64.8 Å². The smallest absolute Gasteiger partial charge is 0.262 e. The van der Waals surface area contributed by atoms with E-state index in [-0.39, 0.29) is 17.5 Å². The summed E-state index contributed by atoms with van der Waals surface area (Å²) in [6, 6.07) is 7.65. The number of nitrogens with one attached hydrogen (secondary N) is 1. The number of carbonyl (C=O) groups is 1. The van der Waals surface area contributed by atoms with Crippen LogP contribution in [-0.4, -0.2) is 15.5 Å². The second-order valence-corrected chi connectivity index (χ2v) is 9.81. The van der Waals surface area contributed by atoms with Gasteiger partial charge in [0.1, 0.15) is 10.7 Å². The quantitative estimate of drug-likeness (QED) is 0.617. The number of fused-ring (bicyclic) bond motifs is 2. The molecule has 0 radical (unpaired) electrons. The van der Waals surface area contributed by atoms with E-state index in [2.05, 4.69) is 5.32 Å². The van der Waals surface area contributed by atoms with Crippen molar-refractivity contribution in [2.45, 2.75) is 58.0 Å². The van der Waals surface area contributed by atoms with Crippen molar-refractivity contribution in [3.63, 3.8) is 0 Å². The van der Waals surface area contributed by atoms with Gasteiger partial charge >= 0.3 is 0 Å². The Labute approximate surface area is 184 Å². The lowest BCUT2D eigenvalue weighted by Gasteiger charge is -2.18. The maximum Gasteiger partial charge on any atom is 0.262 e. The average molecular weight is 442 g/mol.